The second-order valence-electron chi connectivity index (χ2n) is 5.75. The number of likely N-dealkylation sites (tertiary alicyclic amines) is 1. The molecule has 4 heteroatoms. The van der Waals surface area contributed by atoms with Crippen molar-refractivity contribution in [2.75, 3.05) is 13.1 Å². The van der Waals surface area contributed by atoms with Crippen molar-refractivity contribution >= 4 is 0 Å². The van der Waals surface area contributed by atoms with Crippen LogP contribution >= 0.6 is 0 Å². The number of aromatic nitrogens is 2. The molecule has 0 aliphatic carbocycles. The van der Waals surface area contributed by atoms with Gasteiger partial charge in [0.05, 0.1) is 11.4 Å². The third-order valence-electron chi connectivity index (χ3n) is 4.45. The second-order valence-corrected chi connectivity index (χ2v) is 5.75. The van der Waals surface area contributed by atoms with Crippen LogP contribution in [0.1, 0.15) is 44.5 Å². The molecule has 0 aromatic carbocycles. The SMILES string of the molecule is CCC1CCN(Cc2cc(C)nn2CC)C(CN)C1. The quantitative estimate of drug-likeness (QED) is 0.886. The molecule has 1 aliphatic rings. The summed E-state index contributed by atoms with van der Waals surface area (Å²) < 4.78 is 2.12. The summed E-state index contributed by atoms with van der Waals surface area (Å²) >= 11 is 0. The van der Waals surface area contributed by atoms with Gasteiger partial charge in [0.25, 0.3) is 0 Å². The third-order valence-corrected chi connectivity index (χ3v) is 4.45. The summed E-state index contributed by atoms with van der Waals surface area (Å²) in [6.45, 7) is 10.4. The van der Waals surface area contributed by atoms with Crippen molar-refractivity contribution in [3.05, 3.63) is 17.5 Å². The van der Waals surface area contributed by atoms with Gasteiger partial charge in [0.2, 0.25) is 0 Å². The van der Waals surface area contributed by atoms with Gasteiger partial charge in [-0.3, -0.25) is 9.58 Å². The van der Waals surface area contributed by atoms with Gasteiger partial charge in [-0.15, -0.1) is 0 Å². The minimum absolute atomic E-state index is 0.541. The van der Waals surface area contributed by atoms with Crippen molar-refractivity contribution in [2.45, 2.75) is 59.2 Å². The maximum Gasteiger partial charge on any atom is 0.0597 e. The Kier molecular flexibility index (Phi) is 4.99. The van der Waals surface area contributed by atoms with E-state index in [9.17, 15) is 0 Å². The fourth-order valence-corrected chi connectivity index (χ4v) is 3.22. The van der Waals surface area contributed by atoms with E-state index in [1.807, 2.05) is 0 Å². The first-order valence-electron chi connectivity index (χ1n) is 7.65. The molecule has 1 saturated heterocycles. The van der Waals surface area contributed by atoms with Gasteiger partial charge in [-0.2, -0.15) is 5.10 Å². The van der Waals surface area contributed by atoms with E-state index in [4.69, 9.17) is 5.73 Å². The van der Waals surface area contributed by atoms with Crippen LogP contribution in [0.5, 0.6) is 0 Å². The molecule has 108 valence electrons. The second kappa shape index (κ2) is 6.53. The Balaban J connectivity index is 2.05. The highest BCUT2D eigenvalue weighted by molar-refractivity contribution is 5.09. The standard InChI is InChI=1S/C15H28N4/c1-4-13-6-7-18(14(9-13)10-16)11-15-8-12(3)17-19(15)5-2/h8,13-14H,4-7,9-11,16H2,1-3H3. The topological polar surface area (TPSA) is 47.1 Å². The molecule has 2 N–H and O–H groups in total. The predicted molar refractivity (Wildman–Crippen MR) is 78.9 cm³/mol. The van der Waals surface area contributed by atoms with Crippen LogP contribution in [0.4, 0.5) is 0 Å². The monoisotopic (exact) mass is 264 g/mol. The summed E-state index contributed by atoms with van der Waals surface area (Å²) in [5.74, 6) is 0.864. The van der Waals surface area contributed by atoms with Crippen LogP contribution in [0, 0.1) is 12.8 Å². The predicted octanol–water partition coefficient (Wildman–Crippen LogP) is 2.16. The summed E-state index contributed by atoms with van der Waals surface area (Å²) in [7, 11) is 0. The van der Waals surface area contributed by atoms with Gasteiger partial charge in [0.15, 0.2) is 0 Å². The van der Waals surface area contributed by atoms with Gasteiger partial charge < -0.3 is 5.73 Å². The molecule has 0 radical (unpaired) electrons. The van der Waals surface area contributed by atoms with Crippen molar-refractivity contribution in [1.82, 2.24) is 14.7 Å². The lowest BCUT2D eigenvalue weighted by molar-refractivity contribution is 0.104. The van der Waals surface area contributed by atoms with Gasteiger partial charge in [-0.1, -0.05) is 13.3 Å². The Morgan fingerprint density at radius 1 is 1.42 bits per heavy atom. The zero-order valence-corrected chi connectivity index (χ0v) is 12.6. The van der Waals surface area contributed by atoms with Crippen LogP contribution in [-0.4, -0.2) is 33.8 Å². The Morgan fingerprint density at radius 2 is 2.21 bits per heavy atom. The zero-order valence-electron chi connectivity index (χ0n) is 12.6. The highest BCUT2D eigenvalue weighted by Gasteiger charge is 2.27. The third kappa shape index (κ3) is 3.37. The van der Waals surface area contributed by atoms with Gasteiger partial charge >= 0.3 is 0 Å². The highest BCUT2D eigenvalue weighted by atomic mass is 15.3. The van der Waals surface area contributed by atoms with Crippen molar-refractivity contribution in [3.63, 3.8) is 0 Å². The van der Waals surface area contributed by atoms with Crippen LogP contribution in [0.2, 0.25) is 0 Å². The largest absolute Gasteiger partial charge is 0.329 e. The molecule has 1 aromatic heterocycles. The normalized spacial score (nSPS) is 24.8. The average molecular weight is 264 g/mol. The van der Waals surface area contributed by atoms with Crippen LogP contribution in [0.3, 0.4) is 0 Å². The first-order valence-corrected chi connectivity index (χ1v) is 7.65. The van der Waals surface area contributed by atoms with Crippen LogP contribution < -0.4 is 5.73 Å². The molecule has 0 bridgehead atoms. The van der Waals surface area contributed by atoms with E-state index in [1.165, 1.54) is 31.5 Å². The van der Waals surface area contributed by atoms with Crippen molar-refractivity contribution < 1.29 is 0 Å². The Bertz CT molecular complexity index is 399. The maximum atomic E-state index is 5.98. The van der Waals surface area contributed by atoms with Crippen molar-refractivity contribution in [2.24, 2.45) is 11.7 Å². The maximum absolute atomic E-state index is 5.98. The van der Waals surface area contributed by atoms with Gasteiger partial charge in [0.1, 0.15) is 0 Å². The molecule has 0 amide bonds. The summed E-state index contributed by atoms with van der Waals surface area (Å²) in [4.78, 5) is 2.55. The molecule has 1 aliphatic heterocycles. The summed E-state index contributed by atoms with van der Waals surface area (Å²) in [6, 6.07) is 2.75. The number of aryl methyl sites for hydroxylation is 2. The van der Waals surface area contributed by atoms with E-state index in [1.54, 1.807) is 0 Å². The van der Waals surface area contributed by atoms with Crippen LogP contribution in [-0.2, 0) is 13.1 Å². The minimum atomic E-state index is 0.541. The minimum Gasteiger partial charge on any atom is -0.329 e. The first-order chi connectivity index (χ1) is 9.17. The molecule has 2 unspecified atom stereocenters. The molecule has 2 rings (SSSR count). The molecule has 2 atom stereocenters. The van der Waals surface area contributed by atoms with E-state index >= 15 is 0 Å². The Hall–Kier alpha value is -0.870. The number of nitrogens with zero attached hydrogens (tertiary/aromatic N) is 3. The van der Waals surface area contributed by atoms with Gasteiger partial charge in [-0.25, -0.2) is 0 Å². The fourth-order valence-electron chi connectivity index (χ4n) is 3.22. The lowest BCUT2D eigenvalue weighted by Gasteiger charge is -2.38. The first kappa shape index (κ1) is 14.5. The molecular weight excluding hydrogens is 236 g/mol. The molecule has 0 saturated carbocycles. The van der Waals surface area contributed by atoms with E-state index in [0.717, 1.165) is 31.2 Å². The number of nitrogens with two attached hydrogens (primary N) is 1. The Morgan fingerprint density at radius 3 is 2.84 bits per heavy atom. The van der Waals surface area contributed by atoms with E-state index in [2.05, 4.69) is 41.5 Å². The number of hydrogen-bond donors (Lipinski definition) is 1. The lowest BCUT2D eigenvalue weighted by atomic mass is 9.89. The number of piperidine rings is 1. The van der Waals surface area contributed by atoms with E-state index in [0.29, 0.717) is 6.04 Å². The highest BCUT2D eigenvalue weighted by Crippen LogP contribution is 2.26. The zero-order chi connectivity index (χ0) is 13.8. The average Bonchev–Trinajstić information content (AvgIpc) is 2.79. The van der Waals surface area contributed by atoms with E-state index < -0.39 is 0 Å². The van der Waals surface area contributed by atoms with Crippen LogP contribution in [0.25, 0.3) is 0 Å². The number of rotatable bonds is 5. The smallest absolute Gasteiger partial charge is 0.0597 e. The molecule has 0 spiro atoms. The molecule has 2 heterocycles. The fraction of sp³-hybridized carbons (Fsp3) is 0.800. The number of hydrogen-bond acceptors (Lipinski definition) is 3. The van der Waals surface area contributed by atoms with Crippen molar-refractivity contribution in [3.8, 4) is 0 Å². The Labute approximate surface area is 117 Å². The van der Waals surface area contributed by atoms with Crippen molar-refractivity contribution in [1.29, 1.82) is 0 Å². The van der Waals surface area contributed by atoms with E-state index in [-0.39, 0.29) is 0 Å². The summed E-state index contributed by atoms with van der Waals surface area (Å²) in [6.07, 6.45) is 3.86. The molecule has 19 heavy (non-hydrogen) atoms. The van der Waals surface area contributed by atoms with Gasteiger partial charge in [0, 0.05) is 25.7 Å². The van der Waals surface area contributed by atoms with Crippen LogP contribution in [0.15, 0.2) is 6.07 Å². The molecule has 1 aromatic rings. The summed E-state index contributed by atoms with van der Waals surface area (Å²) in [5, 5.41) is 4.54. The summed E-state index contributed by atoms with van der Waals surface area (Å²) in [5.41, 5.74) is 8.42. The molecular formula is C15H28N4. The lowest BCUT2D eigenvalue weighted by Crippen LogP contribution is -2.46. The molecule has 4 nitrogen and oxygen atoms in total. The van der Waals surface area contributed by atoms with Gasteiger partial charge in [-0.05, 0) is 45.2 Å². The molecule has 1 fully saturated rings.